The zero-order valence-corrected chi connectivity index (χ0v) is 22.9. The molecule has 4 aromatic rings. The predicted molar refractivity (Wildman–Crippen MR) is 153 cm³/mol. The fourth-order valence-corrected chi connectivity index (χ4v) is 4.72. The van der Waals surface area contributed by atoms with Crippen LogP contribution in [0.15, 0.2) is 71.1 Å². The first-order valence-corrected chi connectivity index (χ1v) is 13.5. The molecule has 1 saturated heterocycles. The highest BCUT2D eigenvalue weighted by molar-refractivity contribution is 7.99. The Morgan fingerprint density at radius 2 is 1.82 bits per heavy atom. The molecule has 40 heavy (non-hydrogen) atoms. The number of hydrogen-bond donors (Lipinski definition) is 3. The molecule has 12 nitrogen and oxygen atoms in total. The van der Waals surface area contributed by atoms with Gasteiger partial charge < -0.3 is 25.4 Å². The number of nitrogens with zero attached hydrogens (tertiary/aromatic N) is 7. The molecular formula is C27H29N9O3S. The van der Waals surface area contributed by atoms with Gasteiger partial charge in [-0.15, -0.1) is 0 Å². The molecule has 2 aromatic heterocycles. The van der Waals surface area contributed by atoms with Crippen molar-refractivity contribution in [1.82, 2.24) is 24.9 Å². The molecule has 2 aromatic carbocycles. The lowest BCUT2D eigenvalue weighted by molar-refractivity contribution is 0.102. The van der Waals surface area contributed by atoms with E-state index >= 15 is 0 Å². The van der Waals surface area contributed by atoms with E-state index in [9.17, 15) is 9.90 Å². The highest BCUT2D eigenvalue weighted by atomic mass is 32.2. The van der Waals surface area contributed by atoms with Gasteiger partial charge in [-0.3, -0.25) is 10.1 Å². The Hall–Kier alpha value is -4.49. The van der Waals surface area contributed by atoms with Gasteiger partial charge in [-0.1, -0.05) is 24.3 Å². The van der Waals surface area contributed by atoms with Gasteiger partial charge in [0.15, 0.2) is 5.16 Å². The quantitative estimate of drug-likeness (QED) is 0.271. The summed E-state index contributed by atoms with van der Waals surface area (Å²) in [5.74, 6) is 0.578. The van der Waals surface area contributed by atoms with E-state index in [0.29, 0.717) is 48.3 Å². The molecule has 0 saturated carbocycles. The normalized spacial score (nSPS) is 13.6. The van der Waals surface area contributed by atoms with Gasteiger partial charge in [0, 0.05) is 44.5 Å². The lowest BCUT2D eigenvalue weighted by atomic mass is 10.1. The van der Waals surface area contributed by atoms with Crippen LogP contribution in [0.1, 0.15) is 23.2 Å². The summed E-state index contributed by atoms with van der Waals surface area (Å²) in [6.45, 7) is 1.30. The SMILES string of the molecule is CN(C)c1cccc(Oc2nc(Sc3nc(N)nc(NC(=O)c4ccccc4)n3)ncc2N2CCC(O)CC2)c1. The van der Waals surface area contributed by atoms with Crippen molar-refractivity contribution in [3.8, 4) is 11.6 Å². The summed E-state index contributed by atoms with van der Waals surface area (Å²) < 4.78 is 6.28. The van der Waals surface area contributed by atoms with Gasteiger partial charge in [0.25, 0.3) is 5.91 Å². The van der Waals surface area contributed by atoms with E-state index in [1.165, 1.54) is 0 Å². The van der Waals surface area contributed by atoms with E-state index in [1.807, 2.05) is 49.3 Å². The van der Waals surface area contributed by atoms with Gasteiger partial charge in [-0.25, -0.2) is 4.98 Å². The lowest BCUT2D eigenvalue weighted by Gasteiger charge is -2.31. The zero-order valence-electron chi connectivity index (χ0n) is 22.1. The van der Waals surface area contributed by atoms with Gasteiger partial charge in [-0.2, -0.15) is 19.9 Å². The Bertz CT molecular complexity index is 1480. The first kappa shape index (κ1) is 27.1. The third-order valence-electron chi connectivity index (χ3n) is 6.14. The number of hydrogen-bond acceptors (Lipinski definition) is 12. The fourth-order valence-electron chi connectivity index (χ4n) is 4.05. The Morgan fingerprint density at radius 3 is 2.58 bits per heavy atom. The average molecular weight is 560 g/mol. The first-order chi connectivity index (χ1) is 19.3. The van der Waals surface area contributed by atoms with Crippen molar-refractivity contribution in [3.05, 3.63) is 66.4 Å². The standard InChI is InChI=1S/C27H29N9O3S/c1-35(2)18-9-6-10-20(15-18)39-23-21(36-13-11-19(37)12-14-36)16-29-26(31-23)40-27-33-24(28)32-25(34-27)30-22(38)17-7-4-3-5-8-17/h3-10,15-16,19,37H,11-14H2,1-2H3,(H3,28,30,32,33,34,38). The number of carbonyl (C=O) groups is 1. The van der Waals surface area contributed by atoms with Gasteiger partial charge in [-0.05, 0) is 48.9 Å². The molecule has 0 bridgehead atoms. The minimum Gasteiger partial charge on any atom is -0.437 e. The Balaban J connectivity index is 1.41. The van der Waals surface area contributed by atoms with Gasteiger partial charge in [0.2, 0.25) is 22.9 Å². The van der Waals surface area contributed by atoms with Crippen LogP contribution in [-0.2, 0) is 0 Å². The number of aliphatic hydroxyl groups is 1. The fraction of sp³-hybridized carbons (Fsp3) is 0.259. The van der Waals surface area contributed by atoms with Crippen LogP contribution >= 0.6 is 11.8 Å². The molecule has 13 heteroatoms. The molecule has 0 atom stereocenters. The number of amides is 1. The highest BCUT2D eigenvalue weighted by Crippen LogP contribution is 2.35. The van der Waals surface area contributed by atoms with Crippen molar-refractivity contribution in [2.45, 2.75) is 29.3 Å². The van der Waals surface area contributed by atoms with Crippen molar-refractivity contribution >= 4 is 40.9 Å². The minimum absolute atomic E-state index is 0.0179. The van der Waals surface area contributed by atoms with E-state index in [2.05, 4.69) is 35.1 Å². The summed E-state index contributed by atoms with van der Waals surface area (Å²) in [7, 11) is 3.92. The number of piperidine rings is 1. The van der Waals surface area contributed by atoms with Crippen molar-refractivity contribution in [1.29, 1.82) is 0 Å². The zero-order chi connectivity index (χ0) is 28.1. The number of ether oxygens (including phenoxy) is 1. The summed E-state index contributed by atoms with van der Waals surface area (Å²) in [5.41, 5.74) is 8.07. The average Bonchev–Trinajstić information content (AvgIpc) is 2.94. The maximum atomic E-state index is 12.6. The van der Waals surface area contributed by atoms with Crippen LogP contribution < -0.4 is 25.6 Å². The third-order valence-corrected chi connectivity index (χ3v) is 6.89. The third kappa shape index (κ3) is 6.74. The van der Waals surface area contributed by atoms with Gasteiger partial charge >= 0.3 is 0 Å². The molecule has 1 aliphatic rings. The van der Waals surface area contributed by atoms with Crippen LogP contribution in [0.4, 0.5) is 23.3 Å². The van der Waals surface area contributed by atoms with Crippen LogP contribution in [0, 0.1) is 0 Å². The van der Waals surface area contributed by atoms with Crippen LogP contribution in [-0.4, -0.2) is 69.2 Å². The van der Waals surface area contributed by atoms with Crippen molar-refractivity contribution < 1.29 is 14.6 Å². The van der Waals surface area contributed by atoms with E-state index in [1.54, 1.807) is 30.5 Å². The largest absolute Gasteiger partial charge is 0.437 e. The number of aromatic nitrogens is 5. The summed E-state index contributed by atoms with van der Waals surface area (Å²) in [6.07, 6.45) is 2.67. The number of nitrogen functional groups attached to an aromatic ring is 1. The number of aliphatic hydroxyl groups excluding tert-OH is 1. The van der Waals surface area contributed by atoms with Gasteiger partial charge in [0.1, 0.15) is 11.4 Å². The van der Waals surface area contributed by atoms with Crippen molar-refractivity contribution in [2.24, 2.45) is 0 Å². The topological polar surface area (TPSA) is 156 Å². The molecule has 206 valence electrons. The number of carbonyl (C=O) groups excluding carboxylic acids is 1. The number of anilines is 4. The van der Waals surface area contributed by atoms with E-state index < -0.39 is 0 Å². The number of benzene rings is 2. The molecule has 1 fully saturated rings. The molecule has 0 unspecified atom stereocenters. The lowest BCUT2D eigenvalue weighted by Crippen LogP contribution is -2.36. The smallest absolute Gasteiger partial charge is 0.258 e. The summed E-state index contributed by atoms with van der Waals surface area (Å²) in [6, 6.07) is 16.4. The van der Waals surface area contributed by atoms with E-state index in [0.717, 1.165) is 23.1 Å². The molecule has 0 spiro atoms. The van der Waals surface area contributed by atoms with Crippen LogP contribution in [0.2, 0.25) is 0 Å². The second kappa shape index (κ2) is 12.1. The van der Waals surface area contributed by atoms with Gasteiger partial charge in [0.05, 0.1) is 12.3 Å². The molecule has 1 amide bonds. The van der Waals surface area contributed by atoms with Crippen molar-refractivity contribution in [2.75, 3.05) is 48.0 Å². The molecule has 5 rings (SSSR count). The van der Waals surface area contributed by atoms with Crippen LogP contribution in [0.25, 0.3) is 0 Å². The number of rotatable bonds is 8. The van der Waals surface area contributed by atoms with E-state index in [-0.39, 0.29) is 29.1 Å². The number of nitrogens with one attached hydrogen (secondary N) is 1. The second-order valence-electron chi connectivity index (χ2n) is 9.28. The van der Waals surface area contributed by atoms with Crippen LogP contribution in [0.5, 0.6) is 11.6 Å². The highest BCUT2D eigenvalue weighted by Gasteiger charge is 2.23. The number of nitrogens with two attached hydrogens (primary N) is 1. The Morgan fingerprint density at radius 1 is 1.05 bits per heavy atom. The monoisotopic (exact) mass is 559 g/mol. The predicted octanol–water partition coefficient (Wildman–Crippen LogP) is 3.47. The molecule has 0 radical (unpaired) electrons. The summed E-state index contributed by atoms with van der Waals surface area (Å²) >= 11 is 1.06. The second-order valence-corrected chi connectivity index (χ2v) is 10.2. The summed E-state index contributed by atoms with van der Waals surface area (Å²) in [4.78, 5) is 38.4. The maximum absolute atomic E-state index is 12.6. The Kier molecular flexibility index (Phi) is 8.22. The maximum Gasteiger partial charge on any atom is 0.258 e. The molecule has 4 N–H and O–H groups in total. The minimum atomic E-state index is -0.370. The molecular weight excluding hydrogens is 530 g/mol. The molecule has 3 heterocycles. The Labute approximate surface area is 235 Å². The first-order valence-electron chi connectivity index (χ1n) is 12.6. The van der Waals surface area contributed by atoms with E-state index in [4.69, 9.17) is 10.5 Å². The molecule has 1 aliphatic heterocycles. The van der Waals surface area contributed by atoms with Crippen LogP contribution in [0.3, 0.4) is 0 Å². The van der Waals surface area contributed by atoms with Crippen molar-refractivity contribution in [3.63, 3.8) is 0 Å². The summed E-state index contributed by atoms with van der Waals surface area (Å²) in [5, 5.41) is 13.2. The molecule has 0 aliphatic carbocycles.